The molecule has 0 aromatic heterocycles. The molecule has 2 atom stereocenters. The quantitative estimate of drug-likeness (QED) is 0.809. The molecule has 3 heterocycles. The van der Waals surface area contributed by atoms with Crippen molar-refractivity contribution in [3.63, 3.8) is 0 Å². The molecule has 2 unspecified atom stereocenters. The van der Waals surface area contributed by atoms with Gasteiger partial charge in [0.25, 0.3) is 0 Å². The second-order valence-electron chi connectivity index (χ2n) is 5.18. The molecule has 0 spiro atoms. The molecule has 3 fully saturated rings. The molecule has 0 radical (unpaired) electrons. The summed E-state index contributed by atoms with van der Waals surface area (Å²) in [5.41, 5.74) is 0. The first-order valence-electron chi connectivity index (χ1n) is 6.39. The van der Waals surface area contributed by atoms with E-state index in [0.29, 0.717) is 12.2 Å². The molecule has 3 saturated heterocycles. The van der Waals surface area contributed by atoms with E-state index in [1.54, 1.807) is 0 Å². The number of rotatable bonds is 2. The predicted octanol–water partition coefficient (Wildman–Crippen LogP) is 1.89. The van der Waals surface area contributed by atoms with Crippen LogP contribution in [-0.2, 0) is 9.47 Å². The van der Waals surface area contributed by atoms with Crippen molar-refractivity contribution in [2.24, 2.45) is 0 Å². The minimum Gasteiger partial charge on any atom is -0.381 e. The zero-order valence-electron chi connectivity index (χ0n) is 9.69. The molecule has 0 aliphatic carbocycles. The maximum absolute atomic E-state index is 6.19. The summed E-state index contributed by atoms with van der Waals surface area (Å²) in [6.45, 7) is 1.78. The van der Waals surface area contributed by atoms with Gasteiger partial charge in [0.05, 0.1) is 12.2 Å². The molecule has 0 saturated carbocycles. The number of halogens is 1. The molecule has 1 N–H and O–H groups in total. The highest BCUT2D eigenvalue weighted by molar-refractivity contribution is 5.85. The molecule has 94 valence electrons. The molecule has 0 aromatic carbocycles. The number of ether oxygens (including phenoxy) is 2. The Morgan fingerprint density at radius 1 is 0.875 bits per heavy atom. The van der Waals surface area contributed by atoms with E-state index in [-0.39, 0.29) is 12.4 Å². The van der Waals surface area contributed by atoms with Gasteiger partial charge in [0.2, 0.25) is 0 Å². The van der Waals surface area contributed by atoms with E-state index in [2.05, 4.69) is 5.32 Å². The van der Waals surface area contributed by atoms with Gasteiger partial charge in [-0.15, -0.1) is 12.4 Å². The first kappa shape index (κ1) is 12.6. The lowest BCUT2D eigenvalue weighted by molar-refractivity contribution is -0.0810. The van der Waals surface area contributed by atoms with Crippen LogP contribution in [0.15, 0.2) is 0 Å². The van der Waals surface area contributed by atoms with Crippen LogP contribution < -0.4 is 5.32 Å². The number of piperidine rings is 1. The summed E-state index contributed by atoms with van der Waals surface area (Å²) in [5.74, 6) is 0. The highest BCUT2D eigenvalue weighted by Crippen LogP contribution is 2.30. The maximum atomic E-state index is 6.19. The van der Waals surface area contributed by atoms with Crippen LogP contribution in [0.2, 0.25) is 0 Å². The lowest BCUT2D eigenvalue weighted by atomic mass is 10.0. The molecular weight excluding hydrogens is 226 g/mol. The fraction of sp³-hybridized carbons (Fsp3) is 1.00. The van der Waals surface area contributed by atoms with Gasteiger partial charge in [-0.2, -0.15) is 0 Å². The maximum Gasteiger partial charge on any atom is 0.0622 e. The largest absolute Gasteiger partial charge is 0.381 e. The van der Waals surface area contributed by atoms with Crippen LogP contribution in [0.3, 0.4) is 0 Å². The van der Waals surface area contributed by atoms with Crippen molar-refractivity contribution in [1.29, 1.82) is 0 Å². The van der Waals surface area contributed by atoms with Crippen molar-refractivity contribution < 1.29 is 9.47 Å². The van der Waals surface area contributed by atoms with Crippen LogP contribution in [0.5, 0.6) is 0 Å². The lowest BCUT2D eigenvalue weighted by Crippen LogP contribution is -2.43. The van der Waals surface area contributed by atoms with Gasteiger partial charge in [-0.1, -0.05) is 0 Å². The van der Waals surface area contributed by atoms with Crippen molar-refractivity contribution in [1.82, 2.24) is 5.32 Å². The fourth-order valence-electron chi connectivity index (χ4n) is 3.20. The third-order valence-electron chi connectivity index (χ3n) is 3.98. The SMILES string of the molecule is C1CC(OC2CC3CCC(C2)N3)CCO1.Cl. The average molecular weight is 248 g/mol. The Kier molecular flexibility index (Phi) is 4.48. The Bertz CT molecular complexity index is 209. The Labute approximate surface area is 104 Å². The van der Waals surface area contributed by atoms with E-state index in [1.807, 2.05) is 0 Å². The molecule has 4 heteroatoms. The fourth-order valence-corrected chi connectivity index (χ4v) is 3.20. The van der Waals surface area contributed by atoms with E-state index in [9.17, 15) is 0 Å². The highest BCUT2D eigenvalue weighted by atomic mass is 35.5. The predicted molar refractivity (Wildman–Crippen MR) is 65.1 cm³/mol. The van der Waals surface area contributed by atoms with E-state index < -0.39 is 0 Å². The highest BCUT2D eigenvalue weighted by Gasteiger charge is 2.35. The standard InChI is InChI=1S/C12H21NO2.ClH/c1-2-10-8-12(7-9(1)13-10)15-11-3-5-14-6-4-11;/h9-13H,1-8H2;1H. The van der Waals surface area contributed by atoms with Crippen molar-refractivity contribution >= 4 is 12.4 Å². The zero-order valence-corrected chi connectivity index (χ0v) is 10.5. The van der Waals surface area contributed by atoms with Crippen LogP contribution in [0.1, 0.15) is 38.5 Å². The molecule has 0 aromatic rings. The lowest BCUT2D eigenvalue weighted by Gasteiger charge is -2.33. The second-order valence-corrected chi connectivity index (χ2v) is 5.18. The minimum atomic E-state index is 0. The molecular formula is C12H22ClNO2. The van der Waals surface area contributed by atoms with Gasteiger partial charge in [-0.05, 0) is 38.5 Å². The van der Waals surface area contributed by atoms with E-state index in [0.717, 1.165) is 38.1 Å². The van der Waals surface area contributed by atoms with Gasteiger partial charge >= 0.3 is 0 Å². The number of hydrogen-bond donors (Lipinski definition) is 1. The van der Waals surface area contributed by atoms with Crippen molar-refractivity contribution in [2.45, 2.75) is 62.8 Å². The molecule has 0 amide bonds. The first-order valence-corrected chi connectivity index (χ1v) is 6.39. The second kappa shape index (κ2) is 5.67. The van der Waals surface area contributed by atoms with Gasteiger partial charge in [-0.3, -0.25) is 0 Å². The Morgan fingerprint density at radius 2 is 1.50 bits per heavy atom. The topological polar surface area (TPSA) is 30.5 Å². The molecule has 2 bridgehead atoms. The summed E-state index contributed by atoms with van der Waals surface area (Å²) in [6, 6.07) is 1.49. The number of nitrogens with one attached hydrogen (secondary N) is 1. The molecule has 3 rings (SSSR count). The normalized spacial score (nSPS) is 39.4. The van der Waals surface area contributed by atoms with Crippen LogP contribution in [0, 0.1) is 0 Å². The molecule has 3 nitrogen and oxygen atoms in total. The third kappa shape index (κ3) is 2.89. The van der Waals surface area contributed by atoms with Gasteiger partial charge in [0.15, 0.2) is 0 Å². The van der Waals surface area contributed by atoms with E-state index >= 15 is 0 Å². The molecule has 3 aliphatic heterocycles. The zero-order chi connectivity index (χ0) is 10.1. The summed E-state index contributed by atoms with van der Waals surface area (Å²) >= 11 is 0. The van der Waals surface area contributed by atoms with Crippen LogP contribution in [-0.4, -0.2) is 37.5 Å². The van der Waals surface area contributed by atoms with Crippen LogP contribution in [0.25, 0.3) is 0 Å². The van der Waals surface area contributed by atoms with Gasteiger partial charge in [0, 0.05) is 25.3 Å². The summed E-state index contributed by atoms with van der Waals surface area (Å²) < 4.78 is 11.5. The van der Waals surface area contributed by atoms with Gasteiger partial charge in [-0.25, -0.2) is 0 Å². The molecule has 16 heavy (non-hydrogen) atoms. The van der Waals surface area contributed by atoms with Crippen molar-refractivity contribution in [3.05, 3.63) is 0 Å². The smallest absolute Gasteiger partial charge is 0.0622 e. The molecule has 3 aliphatic rings. The van der Waals surface area contributed by atoms with Crippen LogP contribution >= 0.6 is 12.4 Å². The van der Waals surface area contributed by atoms with Crippen molar-refractivity contribution in [3.8, 4) is 0 Å². The Balaban J connectivity index is 0.000000963. The number of fused-ring (bicyclic) bond motifs is 2. The summed E-state index contributed by atoms with van der Waals surface area (Å²) in [6.07, 6.45) is 8.37. The monoisotopic (exact) mass is 247 g/mol. The van der Waals surface area contributed by atoms with Gasteiger partial charge < -0.3 is 14.8 Å². The minimum absolute atomic E-state index is 0. The van der Waals surface area contributed by atoms with Crippen LogP contribution in [0.4, 0.5) is 0 Å². The summed E-state index contributed by atoms with van der Waals surface area (Å²) in [4.78, 5) is 0. The van der Waals surface area contributed by atoms with Crippen molar-refractivity contribution in [2.75, 3.05) is 13.2 Å². The van der Waals surface area contributed by atoms with Gasteiger partial charge in [0.1, 0.15) is 0 Å². The summed E-state index contributed by atoms with van der Waals surface area (Å²) in [5, 5.41) is 3.65. The number of hydrogen-bond acceptors (Lipinski definition) is 3. The first-order chi connectivity index (χ1) is 7.40. The average Bonchev–Trinajstić information content (AvgIpc) is 2.60. The Hall–Kier alpha value is 0.170. The van der Waals surface area contributed by atoms with E-state index in [4.69, 9.17) is 9.47 Å². The van der Waals surface area contributed by atoms with E-state index in [1.165, 1.54) is 25.7 Å². The third-order valence-corrected chi connectivity index (χ3v) is 3.98. The summed E-state index contributed by atoms with van der Waals surface area (Å²) in [7, 11) is 0. The Morgan fingerprint density at radius 3 is 2.12 bits per heavy atom.